The van der Waals surface area contributed by atoms with Crippen molar-refractivity contribution in [3.05, 3.63) is 82.3 Å². The zero-order valence-electron chi connectivity index (χ0n) is 13.4. The molecule has 0 atom stereocenters. The first-order valence-corrected chi connectivity index (χ1v) is 8.58. The van der Waals surface area contributed by atoms with Crippen LogP contribution in [-0.2, 0) is 0 Å². The first kappa shape index (κ1) is 16.6. The van der Waals surface area contributed by atoms with E-state index >= 15 is 0 Å². The molecule has 1 aromatic heterocycles. The summed E-state index contributed by atoms with van der Waals surface area (Å²) in [5.41, 5.74) is 3.14. The minimum atomic E-state index is -0.321. The van der Waals surface area contributed by atoms with Gasteiger partial charge in [-0.1, -0.05) is 41.4 Å². The van der Waals surface area contributed by atoms with Gasteiger partial charge in [-0.25, -0.2) is 4.98 Å². The minimum absolute atomic E-state index is 0.295. The number of hydrogen-bond donors (Lipinski definition) is 1. The van der Waals surface area contributed by atoms with E-state index in [2.05, 4.69) is 10.3 Å². The average molecular weight is 383 g/mol. The van der Waals surface area contributed by atoms with Gasteiger partial charge in [0.15, 0.2) is 5.58 Å². The maximum atomic E-state index is 12.4. The lowest BCUT2D eigenvalue weighted by Gasteiger charge is -2.06. The fraction of sp³-hybridized carbons (Fsp3) is 0. The highest BCUT2D eigenvalue weighted by atomic mass is 35.5. The summed E-state index contributed by atoms with van der Waals surface area (Å²) in [5.74, 6) is 0.211. The van der Waals surface area contributed by atoms with Crippen LogP contribution in [0, 0.1) is 0 Å². The van der Waals surface area contributed by atoms with E-state index in [-0.39, 0.29) is 5.91 Å². The standard InChI is InChI=1S/C20H12Cl2N2O2/c21-13-6-8-15(16(22)10-13)19(25)23-14-7-9-18-17(11-14)24-20(26-18)12-4-2-1-3-5-12/h1-11H,(H,23,25). The molecule has 0 spiro atoms. The van der Waals surface area contributed by atoms with Crippen LogP contribution in [-0.4, -0.2) is 10.9 Å². The molecule has 0 unspecified atom stereocenters. The number of carbonyl (C=O) groups excluding carboxylic acids is 1. The molecule has 6 heteroatoms. The molecule has 3 aromatic carbocycles. The molecule has 4 nitrogen and oxygen atoms in total. The second-order valence-corrected chi connectivity index (χ2v) is 6.49. The molecule has 0 radical (unpaired) electrons. The first-order valence-electron chi connectivity index (χ1n) is 7.82. The Balaban J connectivity index is 1.62. The number of nitrogens with one attached hydrogen (secondary N) is 1. The van der Waals surface area contributed by atoms with Gasteiger partial charge in [0.05, 0.1) is 10.6 Å². The Morgan fingerprint density at radius 1 is 0.962 bits per heavy atom. The third kappa shape index (κ3) is 3.29. The van der Waals surface area contributed by atoms with E-state index < -0.39 is 0 Å². The van der Waals surface area contributed by atoms with Crippen molar-refractivity contribution < 1.29 is 9.21 Å². The van der Waals surface area contributed by atoms with Crippen LogP contribution in [0.3, 0.4) is 0 Å². The summed E-state index contributed by atoms with van der Waals surface area (Å²) in [6.07, 6.45) is 0. The quantitative estimate of drug-likeness (QED) is 0.468. The van der Waals surface area contributed by atoms with Crippen molar-refractivity contribution in [3.63, 3.8) is 0 Å². The van der Waals surface area contributed by atoms with E-state index in [1.807, 2.05) is 30.3 Å². The molecule has 0 saturated heterocycles. The van der Waals surface area contributed by atoms with Crippen LogP contribution < -0.4 is 5.32 Å². The lowest BCUT2D eigenvalue weighted by molar-refractivity contribution is 0.102. The number of hydrogen-bond acceptors (Lipinski definition) is 3. The number of fused-ring (bicyclic) bond motifs is 1. The van der Waals surface area contributed by atoms with E-state index in [4.69, 9.17) is 27.6 Å². The zero-order valence-corrected chi connectivity index (χ0v) is 14.9. The van der Waals surface area contributed by atoms with Crippen LogP contribution >= 0.6 is 23.2 Å². The van der Waals surface area contributed by atoms with Gasteiger partial charge in [0.25, 0.3) is 5.91 Å². The molecular weight excluding hydrogens is 371 g/mol. The molecule has 4 aromatic rings. The molecule has 0 saturated carbocycles. The van der Waals surface area contributed by atoms with Crippen molar-refractivity contribution in [1.29, 1.82) is 0 Å². The Morgan fingerprint density at radius 2 is 1.77 bits per heavy atom. The summed E-state index contributed by atoms with van der Waals surface area (Å²) in [6, 6.07) is 19.7. The number of aromatic nitrogens is 1. The van der Waals surface area contributed by atoms with Crippen LogP contribution in [0.1, 0.15) is 10.4 Å². The number of oxazole rings is 1. The predicted octanol–water partition coefficient (Wildman–Crippen LogP) is 6.05. The molecule has 128 valence electrons. The van der Waals surface area contributed by atoms with E-state index in [1.165, 1.54) is 6.07 Å². The van der Waals surface area contributed by atoms with Gasteiger partial charge < -0.3 is 9.73 Å². The van der Waals surface area contributed by atoms with Crippen LogP contribution in [0.15, 0.2) is 71.1 Å². The number of nitrogens with zero attached hydrogens (tertiary/aromatic N) is 1. The average Bonchev–Trinajstić information content (AvgIpc) is 3.05. The van der Waals surface area contributed by atoms with Crippen molar-refractivity contribution in [2.45, 2.75) is 0 Å². The van der Waals surface area contributed by atoms with Gasteiger partial charge in [-0.15, -0.1) is 0 Å². The lowest BCUT2D eigenvalue weighted by atomic mass is 10.2. The Morgan fingerprint density at radius 3 is 2.54 bits per heavy atom. The van der Waals surface area contributed by atoms with Crippen molar-refractivity contribution in [2.24, 2.45) is 0 Å². The molecule has 0 fully saturated rings. The van der Waals surface area contributed by atoms with E-state index in [1.54, 1.807) is 30.3 Å². The fourth-order valence-corrected chi connectivity index (χ4v) is 3.08. The largest absolute Gasteiger partial charge is 0.436 e. The molecular formula is C20H12Cl2N2O2. The van der Waals surface area contributed by atoms with Gasteiger partial charge in [0.1, 0.15) is 5.52 Å². The summed E-state index contributed by atoms with van der Waals surface area (Å²) in [6.45, 7) is 0. The molecule has 0 aliphatic carbocycles. The molecule has 0 aliphatic rings. The smallest absolute Gasteiger partial charge is 0.257 e. The van der Waals surface area contributed by atoms with Crippen LogP contribution in [0.25, 0.3) is 22.6 Å². The third-order valence-electron chi connectivity index (χ3n) is 3.84. The normalized spacial score (nSPS) is 10.8. The molecule has 1 N–H and O–H groups in total. The topological polar surface area (TPSA) is 55.1 Å². The number of carbonyl (C=O) groups is 1. The van der Waals surface area contributed by atoms with E-state index in [0.29, 0.717) is 38.3 Å². The van der Waals surface area contributed by atoms with Gasteiger partial charge in [-0.3, -0.25) is 4.79 Å². The zero-order chi connectivity index (χ0) is 18.1. The van der Waals surface area contributed by atoms with Crippen molar-refractivity contribution in [1.82, 2.24) is 4.98 Å². The highest BCUT2D eigenvalue weighted by Gasteiger charge is 2.13. The summed E-state index contributed by atoms with van der Waals surface area (Å²) >= 11 is 11.9. The Hall–Kier alpha value is -2.82. The molecule has 26 heavy (non-hydrogen) atoms. The molecule has 1 amide bonds. The summed E-state index contributed by atoms with van der Waals surface area (Å²) in [4.78, 5) is 16.9. The lowest BCUT2D eigenvalue weighted by Crippen LogP contribution is -2.12. The fourth-order valence-electron chi connectivity index (χ4n) is 2.58. The van der Waals surface area contributed by atoms with E-state index in [0.717, 1.165) is 5.56 Å². The van der Waals surface area contributed by atoms with Crippen LogP contribution in [0.4, 0.5) is 5.69 Å². The SMILES string of the molecule is O=C(Nc1ccc2oc(-c3ccccc3)nc2c1)c1ccc(Cl)cc1Cl. The second kappa shape index (κ2) is 6.83. The van der Waals surface area contributed by atoms with Crippen molar-refractivity contribution >= 4 is 45.9 Å². The predicted molar refractivity (Wildman–Crippen MR) is 104 cm³/mol. The summed E-state index contributed by atoms with van der Waals surface area (Å²) in [7, 11) is 0. The third-order valence-corrected chi connectivity index (χ3v) is 4.39. The first-order chi connectivity index (χ1) is 12.6. The number of halogens is 2. The van der Waals surface area contributed by atoms with Gasteiger partial charge in [0.2, 0.25) is 5.89 Å². The molecule has 0 aliphatic heterocycles. The molecule has 4 rings (SSSR count). The van der Waals surface area contributed by atoms with Crippen LogP contribution in [0.2, 0.25) is 10.0 Å². The maximum absolute atomic E-state index is 12.4. The van der Waals surface area contributed by atoms with Crippen LogP contribution in [0.5, 0.6) is 0 Å². The van der Waals surface area contributed by atoms with Crippen molar-refractivity contribution in [2.75, 3.05) is 5.32 Å². The number of rotatable bonds is 3. The Labute approximate surface area is 159 Å². The van der Waals surface area contributed by atoms with Gasteiger partial charge in [-0.05, 0) is 48.5 Å². The molecule has 1 heterocycles. The van der Waals surface area contributed by atoms with Gasteiger partial charge >= 0.3 is 0 Å². The van der Waals surface area contributed by atoms with Crippen molar-refractivity contribution in [3.8, 4) is 11.5 Å². The highest BCUT2D eigenvalue weighted by molar-refractivity contribution is 6.37. The number of benzene rings is 3. The summed E-state index contributed by atoms with van der Waals surface area (Å²) < 4.78 is 5.77. The molecule has 0 bridgehead atoms. The highest BCUT2D eigenvalue weighted by Crippen LogP contribution is 2.27. The Kier molecular flexibility index (Phi) is 4.37. The monoisotopic (exact) mass is 382 g/mol. The minimum Gasteiger partial charge on any atom is -0.436 e. The maximum Gasteiger partial charge on any atom is 0.257 e. The summed E-state index contributed by atoms with van der Waals surface area (Å²) in [5, 5.41) is 3.58. The number of anilines is 1. The van der Waals surface area contributed by atoms with Gasteiger partial charge in [-0.2, -0.15) is 0 Å². The van der Waals surface area contributed by atoms with Gasteiger partial charge in [0, 0.05) is 16.3 Å². The van der Waals surface area contributed by atoms with E-state index in [9.17, 15) is 4.79 Å². The number of amides is 1. The second-order valence-electron chi connectivity index (χ2n) is 5.65. The Bertz CT molecular complexity index is 1110.